The fourth-order valence-corrected chi connectivity index (χ4v) is 1.18. The van der Waals surface area contributed by atoms with Gasteiger partial charge in [0.25, 0.3) is 5.91 Å². The fourth-order valence-electron chi connectivity index (χ4n) is 1.18. The zero-order chi connectivity index (χ0) is 15.1. The van der Waals surface area contributed by atoms with Gasteiger partial charge < -0.3 is 19.9 Å². The Morgan fingerprint density at radius 2 is 1.89 bits per heavy atom. The summed E-state index contributed by atoms with van der Waals surface area (Å²) in [6.07, 6.45) is -0.0990. The number of ether oxygens (including phenoxy) is 2. The first-order valence-electron chi connectivity index (χ1n) is 5.99. The average molecular weight is 275 g/mol. The Kier molecular flexibility index (Phi) is 7.06. The van der Waals surface area contributed by atoms with Crippen molar-refractivity contribution in [1.82, 2.24) is 5.32 Å². The van der Waals surface area contributed by atoms with Crippen LogP contribution < -0.4 is 5.32 Å². The molecule has 7 nitrogen and oxygen atoms in total. The first-order chi connectivity index (χ1) is 8.74. The van der Waals surface area contributed by atoms with E-state index in [9.17, 15) is 14.4 Å². The molecule has 7 heteroatoms. The highest BCUT2D eigenvalue weighted by Gasteiger charge is 2.31. The van der Waals surface area contributed by atoms with Crippen molar-refractivity contribution in [2.75, 3.05) is 13.7 Å². The lowest BCUT2D eigenvalue weighted by molar-refractivity contribution is -0.149. The first kappa shape index (κ1) is 17.4. The molecule has 110 valence electrons. The third-order valence-electron chi connectivity index (χ3n) is 2.60. The van der Waals surface area contributed by atoms with Crippen molar-refractivity contribution in [1.29, 1.82) is 0 Å². The third-order valence-corrected chi connectivity index (χ3v) is 2.60. The Balaban J connectivity index is 4.47. The molecule has 0 aromatic rings. The van der Waals surface area contributed by atoms with E-state index in [1.165, 1.54) is 21.0 Å². The molecule has 2 N–H and O–H groups in total. The van der Waals surface area contributed by atoms with Crippen LogP contribution in [0.25, 0.3) is 0 Å². The number of methoxy groups -OCH3 is 1. The molecule has 0 unspecified atom stereocenters. The Labute approximate surface area is 112 Å². The Morgan fingerprint density at radius 1 is 1.32 bits per heavy atom. The first-order valence-corrected chi connectivity index (χ1v) is 5.99. The third kappa shape index (κ3) is 6.19. The molecule has 0 fully saturated rings. The van der Waals surface area contributed by atoms with Crippen LogP contribution in [0.2, 0.25) is 0 Å². The highest BCUT2D eigenvalue weighted by atomic mass is 16.5. The summed E-state index contributed by atoms with van der Waals surface area (Å²) in [6, 6.07) is -1.15. The zero-order valence-electron chi connectivity index (χ0n) is 11.7. The van der Waals surface area contributed by atoms with Gasteiger partial charge in [0.15, 0.2) is 0 Å². The zero-order valence-corrected chi connectivity index (χ0v) is 11.7. The minimum Gasteiger partial charge on any atom is -0.480 e. The molecule has 0 saturated carbocycles. The van der Waals surface area contributed by atoms with E-state index in [0.717, 1.165) is 0 Å². The Bertz CT molecular complexity index is 339. The van der Waals surface area contributed by atoms with Crippen molar-refractivity contribution in [3.05, 3.63) is 0 Å². The predicted octanol–water partition coefficient (Wildman–Crippen LogP) is 0.324. The molecule has 0 spiro atoms. The van der Waals surface area contributed by atoms with Gasteiger partial charge in [-0.25, -0.2) is 4.79 Å². The van der Waals surface area contributed by atoms with E-state index in [2.05, 4.69) is 5.32 Å². The summed E-state index contributed by atoms with van der Waals surface area (Å²) in [5.41, 5.74) is -1.13. The van der Waals surface area contributed by atoms with E-state index in [-0.39, 0.29) is 19.4 Å². The van der Waals surface area contributed by atoms with Gasteiger partial charge in [-0.1, -0.05) is 0 Å². The van der Waals surface area contributed by atoms with Crippen molar-refractivity contribution in [3.63, 3.8) is 0 Å². The Morgan fingerprint density at radius 3 is 2.32 bits per heavy atom. The molecule has 0 heterocycles. The molecular weight excluding hydrogens is 254 g/mol. The molecule has 0 bridgehead atoms. The van der Waals surface area contributed by atoms with E-state index < -0.39 is 29.5 Å². The number of amides is 1. The molecule has 0 rings (SSSR count). The maximum Gasteiger partial charge on any atom is 0.326 e. The van der Waals surface area contributed by atoms with Gasteiger partial charge in [-0.3, -0.25) is 9.59 Å². The summed E-state index contributed by atoms with van der Waals surface area (Å²) in [5, 5.41) is 11.3. The maximum atomic E-state index is 11.8. The second-order valence-corrected chi connectivity index (χ2v) is 4.42. The lowest BCUT2D eigenvalue weighted by Crippen LogP contribution is -2.50. The van der Waals surface area contributed by atoms with Gasteiger partial charge in [0.2, 0.25) is 0 Å². The van der Waals surface area contributed by atoms with Gasteiger partial charge in [-0.2, -0.15) is 0 Å². The number of carboxylic acids is 1. The van der Waals surface area contributed by atoms with Crippen LogP contribution in [0.1, 0.15) is 33.6 Å². The topological polar surface area (TPSA) is 102 Å². The highest BCUT2D eigenvalue weighted by Crippen LogP contribution is 2.09. The number of aliphatic carboxylic acids is 1. The van der Waals surface area contributed by atoms with Crippen LogP contribution in [0.15, 0.2) is 0 Å². The predicted molar refractivity (Wildman–Crippen MR) is 66.5 cm³/mol. The van der Waals surface area contributed by atoms with E-state index in [1.807, 2.05) is 0 Å². The quantitative estimate of drug-likeness (QED) is 0.619. The number of carbonyl (C=O) groups excluding carboxylic acids is 2. The number of rotatable bonds is 8. The van der Waals surface area contributed by atoms with Crippen LogP contribution in [-0.2, 0) is 23.9 Å². The highest BCUT2D eigenvalue weighted by molar-refractivity contribution is 5.88. The van der Waals surface area contributed by atoms with E-state index in [1.54, 1.807) is 6.92 Å². The van der Waals surface area contributed by atoms with Crippen LogP contribution >= 0.6 is 0 Å². The van der Waals surface area contributed by atoms with Gasteiger partial charge >= 0.3 is 11.9 Å². The number of hydrogen-bond acceptors (Lipinski definition) is 5. The summed E-state index contributed by atoms with van der Waals surface area (Å²) in [5.74, 6) is -2.25. The summed E-state index contributed by atoms with van der Waals surface area (Å²) < 4.78 is 9.64. The monoisotopic (exact) mass is 275 g/mol. The van der Waals surface area contributed by atoms with Crippen molar-refractivity contribution in [2.45, 2.75) is 45.3 Å². The van der Waals surface area contributed by atoms with Gasteiger partial charge in [-0.15, -0.1) is 0 Å². The lowest BCUT2D eigenvalue weighted by Gasteiger charge is -2.24. The molecule has 0 aliphatic carbocycles. The van der Waals surface area contributed by atoms with Crippen molar-refractivity contribution in [3.8, 4) is 0 Å². The van der Waals surface area contributed by atoms with Crippen LogP contribution in [0.4, 0.5) is 0 Å². The lowest BCUT2D eigenvalue weighted by atomic mass is 10.1. The molecule has 1 atom stereocenters. The molecule has 0 aromatic heterocycles. The molecule has 0 aliphatic heterocycles. The van der Waals surface area contributed by atoms with Crippen LogP contribution in [0, 0.1) is 0 Å². The molecule has 1 amide bonds. The number of carboxylic acid groups (broad SMARTS) is 1. The average Bonchev–Trinajstić information content (AvgIpc) is 2.33. The number of nitrogens with one attached hydrogen (secondary N) is 1. The largest absolute Gasteiger partial charge is 0.480 e. The van der Waals surface area contributed by atoms with Gasteiger partial charge in [0.05, 0.1) is 6.61 Å². The molecule has 19 heavy (non-hydrogen) atoms. The molecule has 0 radical (unpaired) electrons. The van der Waals surface area contributed by atoms with Gasteiger partial charge in [0.1, 0.15) is 11.6 Å². The fraction of sp³-hybridized carbons (Fsp3) is 0.750. The van der Waals surface area contributed by atoms with E-state index in [0.29, 0.717) is 0 Å². The van der Waals surface area contributed by atoms with Gasteiger partial charge in [0, 0.05) is 13.5 Å². The summed E-state index contributed by atoms with van der Waals surface area (Å²) >= 11 is 0. The van der Waals surface area contributed by atoms with Crippen molar-refractivity contribution in [2.24, 2.45) is 0 Å². The second-order valence-electron chi connectivity index (χ2n) is 4.42. The summed E-state index contributed by atoms with van der Waals surface area (Å²) in [6.45, 7) is 4.94. The number of esters is 1. The minimum absolute atomic E-state index is 0.0281. The standard InChI is InChI=1S/C12H21NO6/c1-5-19-9(14)7-6-8(10(15)16)13-11(17)12(2,3)18-4/h8H,5-7H2,1-4H3,(H,13,17)(H,15,16)/t8-/m0/s1. The van der Waals surface area contributed by atoms with Crippen LogP contribution in [-0.4, -0.2) is 48.3 Å². The number of carbonyl (C=O) groups is 3. The molecule has 0 aliphatic rings. The van der Waals surface area contributed by atoms with E-state index in [4.69, 9.17) is 14.6 Å². The minimum atomic E-state index is -1.20. The van der Waals surface area contributed by atoms with E-state index >= 15 is 0 Å². The van der Waals surface area contributed by atoms with Crippen molar-refractivity contribution < 1.29 is 29.0 Å². The summed E-state index contributed by atoms with van der Waals surface area (Å²) in [7, 11) is 1.36. The smallest absolute Gasteiger partial charge is 0.326 e. The maximum absolute atomic E-state index is 11.8. The number of hydrogen-bond donors (Lipinski definition) is 2. The van der Waals surface area contributed by atoms with Gasteiger partial charge in [-0.05, 0) is 27.2 Å². The molecular formula is C12H21NO6. The normalized spacial score (nSPS) is 12.6. The molecule has 0 saturated heterocycles. The van der Waals surface area contributed by atoms with Crippen LogP contribution in [0.5, 0.6) is 0 Å². The summed E-state index contributed by atoms with van der Waals surface area (Å²) in [4.78, 5) is 33.9. The van der Waals surface area contributed by atoms with Crippen molar-refractivity contribution >= 4 is 17.8 Å². The molecule has 0 aromatic carbocycles. The second kappa shape index (κ2) is 7.73. The SMILES string of the molecule is CCOC(=O)CC[C@H](NC(=O)C(C)(C)OC)C(=O)O. The Hall–Kier alpha value is -1.63. The van der Waals surface area contributed by atoms with Crippen LogP contribution in [0.3, 0.4) is 0 Å².